The maximum absolute atomic E-state index is 9.80. The topological polar surface area (TPSA) is 46.5 Å². The lowest BCUT2D eigenvalue weighted by molar-refractivity contribution is -0.231. The zero-order chi connectivity index (χ0) is 6.78. The Morgan fingerprint density at radius 2 is 3.00 bits per heavy atom. The van der Waals surface area contributed by atoms with Gasteiger partial charge in [0.2, 0.25) is 0 Å². The fourth-order valence-electron chi connectivity index (χ4n) is 0. The van der Waals surface area contributed by atoms with Crippen molar-refractivity contribution < 1.29 is 19.1 Å². The minimum atomic E-state index is -2.85. The van der Waals surface area contributed by atoms with Crippen LogP contribution in [0, 0.1) is 0 Å². The van der Waals surface area contributed by atoms with E-state index in [1.54, 1.807) is 0 Å². The van der Waals surface area contributed by atoms with Crippen LogP contribution in [-0.4, -0.2) is 11.2 Å². The van der Waals surface area contributed by atoms with Crippen molar-refractivity contribution in [2.45, 2.75) is 6.85 Å². The molecule has 30 valence electrons. The molecule has 0 unspecified atom stereocenters. The van der Waals surface area contributed by atoms with E-state index in [9.17, 15) is 4.79 Å². The highest BCUT2D eigenvalue weighted by Crippen LogP contribution is 1.59. The van der Waals surface area contributed by atoms with Gasteiger partial charge in [0.15, 0.2) is 0 Å². The molecule has 0 aromatic heterocycles. The molecular formula is C2H4O3. The van der Waals surface area contributed by atoms with E-state index < -0.39 is 12.8 Å². The van der Waals surface area contributed by atoms with Gasteiger partial charge in [0.25, 0.3) is 0 Å². The Bertz CT molecular complexity index is 95.2. The number of rotatable bonds is 0. The summed E-state index contributed by atoms with van der Waals surface area (Å²) in [5, 5.41) is 7.46. The zero-order valence-electron chi connectivity index (χ0n) is 5.26. The molecule has 0 saturated carbocycles. The van der Waals surface area contributed by atoms with E-state index >= 15 is 0 Å². The molecule has 0 bridgehead atoms. The van der Waals surface area contributed by atoms with Crippen LogP contribution in [0.1, 0.15) is 11.0 Å². The molecule has 0 saturated heterocycles. The molecule has 0 radical (unpaired) electrons. The average molecular weight is 79.1 g/mol. The van der Waals surface area contributed by atoms with E-state index in [0.29, 0.717) is 0 Å². The molecule has 1 N–H and O–H groups in total. The van der Waals surface area contributed by atoms with Crippen LogP contribution in [0.2, 0.25) is 0 Å². The summed E-state index contributed by atoms with van der Waals surface area (Å²) in [5.74, 6) is -1.61. The second-order valence-electron chi connectivity index (χ2n) is 0.379. The highest BCUT2D eigenvalue weighted by molar-refractivity contribution is 5.64. The Labute approximate surface area is 33.3 Å². The minimum absolute atomic E-state index is 1.61. The molecule has 0 fully saturated rings. The molecule has 0 aromatic carbocycles. The predicted octanol–water partition coefficient (Wildman–Crippen LogP) is 0.0225. The first-order valence-electron chi connectivity index (χ1n) is 2.34. The third-order valence-corrected chi connectivity index (χ3v) is 0.0829. The summed E-state index contributed by atoms with van der Waals surface area (Å²) in [7, 11) is 0. The fourth-order valence-corrected chi connectivity index (χ4v) is 0. The summed E-state index contributed by atoms with van der Waals surface area (Å²) >= 11 is 0. The summed E-state index contributed by atoms with van der Waals surface area (Å²) in [6.07, 6.45) is 0. The number of carbonyl (C=O) groups excluding carboxylic acids is 1. The van der Waals surface area contributed by atoms with Gasteiger partial charge in [-0.2, -0.15) is 5.26 Å². The van der Waals surface area contributed by atoms with Crippen LogP contribution in [0.3, 0.4) is 0 Å². The van der Waals surface area contributed by atoms with Crippen molar-refractivity contribution in [3.8, 4) is 0 Å². The average Bonchev–Trinajstić information content (AvgIpc) is 1.62. The van der Waals surface area contributed by atoms with Crippen molar-refractivity contribution in [3.63, 3.8) is 0 Å². The van der Waals surface area contributed by atoms with E-state index in [-0.39, 0.29) is 0 Å². The van der Waals surface area contributed by atoms with Crippen LogP contribution in [0.25, 0.3) is 0 Å². The standard InChI is InChI=1S/C2H4O3/c1-2(3)5-4/h4H,1H3/i1D3. The van der Waals surface area contributed by atoms with Gasteiger partial charge in [-0.3, -0.25) is 0 Å². The van der Waals surface area contributed by atoms with Crippen LogP contribution in [0.4, 0.5) is 0 Å². The van der Waals surface area contributed by atoms with Gasteiger partial charge in [0.1, 0.15) is 0 Å². The molecular weight excluding hydrogens is 72.0 g/mol. The lowest BCUT2D eigenvalue weighted by atomic mass is 10.9. The number of carbonyl (C=O) groups is 1. The van der Waals surface area contributed by atoms with Crippen molar-refractivity contribution in [1.82, 2.24) is 0 Å². The number of hydrogen-bond acceptors (Lipinski definition) is 3. The molecule has 0 rings (SSSR count). The van der Waals surface area contributed by atoms with Gasteiger partial charge < -0.3 is 4.89 Å². The van der Waals surface area contributed by atoms with Gasteiger partial charge in [-0.05, 0) is 0 Å². The van der Waals surface area contributed by atoms with Crippen LogP contribution in [0.15, 0.2) is 0 Å². The van der Waals surface area contributed by atoms with E-state index in [1.165, 1.54) is 0 Å². The summed E-state index contributed by atoms with van der Waals surface area (Å²) < 4.78 is 18.7. The summed E-state index contributed by atoms with van der Waals surface area (Å²) in [5.41, 5.74) is 0. The largest absolute Gasteiger partial charge is 0.339 e. The maximum Gasteiger partial charge on any atom is 0.339 e. The van der Waals surface area contributed by atoms with Gasteiger partial charge in [0.05, 0.1) is 0 Å². The first kappa shape index (κ1) is 1.26. The van der Waals surface area contributed by atoms with Crippen LogP contribution < -0.4 is 0 Å². The van der Waals surface area contributed by atoms with Crippen molar-refractivity contribution >= 4 is 5.97 Å². The second kappa shape index (κ2) is 1.72. The third-order valence-electron chi connectivity index (χ3n) is 0.0829. The van der Waals surface area contributed by atoms with E-state index in [2.05, 4.69) is 4.89 Å². The molecule has 0 spiro atoms. The lowest BCUT2D eigenvalue weighted by Gasteiger charge is -1.76. The van der Waals surface area contributed by atoms with E-state index in [4.69, 9.17) is 9.37 Å². The van der Waals surface area contributed by atoms with Gasteiger partial charge in [-0.25, -0.2) is 4.79 Å². The van der Waals surface area contributed by atoms with Gasteiger partial charge in [-0.15, -0.1) is 0 Å². The number of hydrogen-bond donors (Lipinski definition) is 1. The highest BCUT2D eigenvalue weighted by Gasteiger charge is 1.79. The molecule has 0 aliphatic rings. The summed E-state index contributed by atoms with van der Waals surface area (Å²) in [6, 6.07) is 0. The summed E-state index contributed by atoms with van der Waals surface area (Å²) in [4.78, 5) is 12.7. The van der Waals surface area contributed by atoms with Crippen molar-refractivity contribution in [3.05, 3.63) is 0 Å². The lowest BCUT2D eigenvalue weighted by Crippen LogP contribution is -1.89. The molecule has 0 heterocycles. The van der Waals surface area contributed by atoms with Crippen molar-refractivity contribution in [1.29, 1.82) is 0 Å². The van der Waals surface area contributed by atoms with Gasteiger partial charge in [0, 0.05) is 11.0 Å². The van der Waals surface area contributed by atoms with Gasteiger partial charge >= 0.3 is 5.97 Å². The molecule has 0 amide bonds. The normalized spacial score (nSPS) is 18.2. The first-order chi connectivity index (χ1) is 3.48. The third kappa shape index (κ3) is 3.43. The molecule has 0 aliphatic carbocycles. The molecule has 0 atom stereocenters. The first-order valence-corrected chi connectivity index (χ1v) is 0.841. The smallest absolute Gasteiger partial charge is 0.301 e. The molecule has 3 heteroatoms. The molecule has 5 heavy (non-hydrogen) atoms. The highest BCUT2D eigenvalue weighted by atomic mass is 17.1. The van der Waals surface area contributed by atoms with Gasteiger partial charge in [-0.1, -0.05) is 0 Å². The van der Waals surface area contributed by atoms with Crippen molar-refractivity contribution in [2.75, 3.05) is 0 Å². The quantitative estimate of drug-likeness (QED) is 0.329. The maximum atomic E-state index is 9.80. The Hall–Kier alpha value is -0.570. The molecule has 0 aliphatic heterocycles. The molecule has 3 nitrogen and oxygen atoms in total. The fraction of sp³-hybridized carbons (Fsp3) is 0.500. The van der Waals surface area contributed by atoms with Crippen LogP contribution in [0.5, 0.6) is 0 Å². The van der Waals surface area contributed by atoms with E-state index in [0.717, 1.165) is 0 Å². The van der Waals surface area contributed by atoms with E-state index in [1.807, 2.05) is 0 Å². The second-order valence-corrected chi connectivity index (χ2v) is 0.379. The summed E-state index contributed by atoms with van der Waals surface area (Å²) in [6.45, 7) is -2.85. The van der Waals surface area contributed by atoms with Crippen LogP contribution in [-0.2, 0) is 9.68 Å². The molecule has 0 aromatic rings. The monoisotopic (exact) mass is 79.0 g/mol. The predicted molar refractivity (Wildman–Crippen MR) is 14.4 cm³/mol. The minimum Gasteiger partial charge on any atom is -0.301 e. The Morgan fingerprint density at radius 3 is 3.00 bits per heavy atom. The SMILES string of the molecule is [2H]C([2H])([2H])C(=O)OO. The van der Waals surface area contributed by atoms with Crippen molar-refractivity contribution in [2.24, 2.45) is 0 Å². The Morgan fingerprint density at radius 1 is 2.40 bits per heavy atom. The Kier molecular flexibility index (Phi) is 0.434. The van der Waals surface area contributed by atoms with Crippen LogP contribution >= 0.6 is 0 Å². The zero-order valence-corrected chi connectivity index (χ0v) is 2.26. The Balaban J connectivity index is 3.82.